The number of ketones is 1. The van der Waals surface area contributed by atoms with Crippen molar-refractivity contribution in [3.63, 3.8) is 0 Å². The van der Waals surface area contributed by atoms with Crippen molar-refractivity contribution >= 4 is 39.5 Å². The van der Waals surface area contributed by atoms with Gasteiger partial charge in [0.05, 0.1) is 5.70 Å². The summed E-state index contributed by atoms with van der Waals surface area (Å²) in [6.45, 7) is 12.5. The van der Waals surface area contributed by atoms with Crippen LogP contribution in [0.25, 0.3) is 0 Å². The quantitative estimate of drug-likeness (QED) is 0.0448. The van der Waals surface area contributed by atoms with E-state index in [9.17, 15) is 37.6 Å². The number of nitrogens with zero attached hydrogens (tertiary/aromatic N) is 3. The lowest BCUT2D eigenvalue weighted by atomic mass is 9.73. The average molecular weight is 715 g/mol. The Morgan fingerprint density at radius 2 is 1.94 bits per heavy atom. The van der Waals surface area contributed by atoms with Crippen molar-refractivity contribution < 1.29 is 47.1 Å². The Labute approximate surface area is 292 Å². The minimum absolute atomic E-state index is 0.0122. The number of amidine groups is 1. The van der Waals surface area contributed by atoms with Crippen LogP contribution in [0.1, 0.15) is 96.6 Å². The Balaban J connectivity index is 1.77. The van der Waals surface area contributed by atoms with Crippen molar-refractivity contribution in [1.82, 2.24) is 4.31 Å². The van der Waals surface area contributed by atoms with E-state index in [1.807, 2.05) is 19.9 Å². The number of unbranched alkanes of at least 4 members (excludes halogenated alkanes) is 2. The molecule has 0 spiro atoms. The van der Waals surface area contributed by atoms with E-state index < -0.39 is 63.8 Å². The summed E-state index contributed by atoms with van der Waals surface area (Å²) >= 11 is 0. The summed E-state index contributed by atoms with van der Waals surface area (Å²) in [5, 5.41) is 24.8. The van der Waals surface area contributed by atoms with Gasteiger partial charge in [-0.3, -0.25) is 14.1 Å². The van der Waals surface area contributed by atoms with E-state index >= 15 is 0 Å². The maximum Gasteiger partial charge on any atom is 0.365 e. The lowest BCUT2D eigenvalue weighted by Gasteiger charge is -2.44. The molecule has 1 aromatic carbocycles. The lowest BCUT2D eigenvalue weighted by Crippen LogP contribution is -2.65. The van der Waals surface area contributed by atoms with Crippen molar-refractivity contribution in [2.45, 2.75) is 104 Å². The van der Waals surface area contributed by atoms with Gasteiger partial charge in [0.15, 0.2) is 11.5 Å². The fraction of sp³-hybridized carbons (Fsp3) is 0.514. The molecule has 50 heavy (non-hydrogen) atoms. The summed E-state index contributed by atoms with van der Waals surface area (Å²) in [5.41, 5.74) is 6.55. The van der Waals surface area contributed by atoms with Gasteiger partial charge in [0.25, 0.3) is 0 Å². The number of β-lactam (4-membered cyclic amide) rings is 1. The third kappa shape index (κ3) is 8.44. The molecule has 1 aromatic rings. The molecular weight excluding hydrogens is 668 g/mol. The number of carboxylic acids is 1. The van der Waals surface area contributed by atoms with E-state index in [0.717, 1.165) is 43.3 Å². The molecule has 14 nitrogen and oxygen atoms in total. The van der Waals surface area contributed by atoms with Crippen LogP contribution in [0.4, 0.5) is 0 Å². The fourth-order valence-electron chi connectivity index (χ4n) is 6.25. The molecule has 3 aliphatic rings. The van der Waals surface area contributed by atoms with Gasteiger partial charge in [-0.25, -0.2) is 9.79 Å². The van der Waals surface area contributed by atoms with Gasteiger partial charge in [-0.1, -0.05) is 48.7 Å². The average Bonchev–Trinajstić information content (AvgIpc) is 3.44. The number of rotatable bonds is 16. The van der Waals surface area contributed by atoms with Crippen LogP contribution in [-0.2, 0) is 35.9 Å². The SMILES string of the molecule is C=C(C)[C@@H]1CCC(C)=C[C@H]1c1c(O)cc(CCCCC)cc1OC1[C@H](CC(=O)/C(=N\OC(C)(C)C(=O)O)C2=CCC(N)=N2)C(=O)N1S(=O)(=O)O. The number of ether oxygens (including phenoxy) is 1. The van der Waals surface area contributed by atoms with Crippen LogP contribution in [0, 0.1) is 11.8 Å². The van der Waals surface area contributed by atoms with Gasteiger partial charge in [0.1, 0.15) is 23.3 Å². The largest absolute Gasteiger partial charge is 0.507 e. The standard InChI is InChI=1S/C35H46N4O10S/c1-7-8-9-10-21-16-26(40)30(23-15-20(4)11-12-22(23)19(2)3)28(17-21)48-33-24(32(42)39(33)50(45,46)47)18-27(41)31(25-13-14-29(36)37-25)38-49-35(5,6)34(43)44/h13,15-17,22-24,33,40H,2,7-12,14,18H2,1,3-6H3,(H2,36,37)(H,43,44)(H,45,46,47)/b38-31-/t22-,23+,24+,33?/m0/s1. The van der Waals surface area contributed by atoms with Gasteiger partial charge < -0.3 is 25.5 Å². The number of Topliss-reactive ketones (excluding diaryl/α,β-unsaturated/α-hetero) is 1. The topological polar surface area (TPSA) is 218 Å². The highest BCUT2D eigenvalue weighted by atomic mass is 32.2. The highest BCUT2D eigenvalue weighted by Gasteiger charge is 2.56. The minimum atomic E-state index is -5.16. The van der Waals surface area contributed by atoms with Crippen molar-refractivity contribution in [3.05, 3.63) is 58.8 Å². The number of aliphatic imine (C=N–C) groups is 1. The van der Waals surface area contributed by atoms with Gasteiger partial charge in [-0.2, -0.15) is 12.7 Å². The normalized spacial score (nSPS) is 22.7. The van der Waals surface area contributed by atoms with Crippen LogP contribution in [0.2, 0.25) is 0 Å². The first-order chi connectivity index (χ1) is 23.3. The molecule has 1 saturated heterocycles. The highest BCUT2D eigenvalue weighted by molar-refractivity contribution is 7.84. The van der Waals surface area contributed by atoms with Crippen molar-refractivity contribution in [2.24, 2.45) is 27.7 Å². The molecule has 0 aromatic heterocycles. The van der Waals surface area contributed by atoms with Crippen LogP contribution < -0.4 is 10.5 Å². The highest BCUT2D eigenvalue weighted by Crippen LogP contribution is 2.48. The molecular formula is C35H46N4O10S. The van der Waals surface area contributed by atoms with Crippen LogP contribution >= 0.6 is 0 Å². The third-order valence-electron chi connectivity index (χ3n) is 9.13. The second-order valence-corrected chi connectivity index (χ2v) is 14.9. The summed E-state index contributed by atoms with van der Waals surface area (Å²) in [6.07, 6.45) is 6.16. The zero-order valence-electron chi connectivity index (χ0n) is 29.0. The molecule has 1 fully saturated rings. The van der Waals surface area contributed by atoms with Gasteiger partial charge in [-0.15, -0.1) is 0 Å². The molecule has 272 valence electrons. The minimum Gasteiger partial charge on any atom is -0.507 e. The first kappa shape index (κ1) is 38.3. The molecule has 0 radical (unpaired) electrons. The van der Waals surface area contributed by atoms with Gasteiger partial charge in [-0.05, 0) is 83.1 Å². The van der Waals surface area contributed by atoms with Gasteiger partial charge in [0.2, 0.25) is 17.7 Å². The van der Waals surface area contributed by atoms with E-state index in [-0.39, 0.29) is 39.7 Å². The Morgan fingerprint density at radius 3 is 2.52 bits per heavy atom. The number of carbonyl (C=O) groups is 3. The molecule has 1 unspecified atom stereocenters. The Hall–Kier alpha value is -4.50. The number of benzene rings is 1. The number of carbonyl (C=O) groups excluding carboxylic acids is 2. The summed E-state index contributed by atoms with van der Waals surface area (Å²) in [5.74, 6) is -5.08. The Kier molecular flexibility index (Phi) is 11.6. The van der Waals surface area contributed by atoms with Gasteiger partial charge >= 0.3 is 16.3 Å². The zero-order valence-corrected chi connectivity index (χ0v) is 29.8. The lowest BCUT2D eigenvalue weighted by molar-refractivity contribution is -0.164. The first-order valence-electron chi connectivity index (χ1n) is 16.6. The number of hydrogen-bond donors (Lipinski definition) is 4. The molecule has 1 amide bonds. The maximum absolute atomic E-state index is 13.7. The van der Waals surface area contributed by atoms with Crippen LogP contribution in [0.15, 0.2) is 57.9 Å². The molecule has 15 heteroatoms. The van der Waals surface area contributed by atoms with Crippen molar-refractivity contribution in [1.29, 1.82) is 0 Å². The Morgan fingerprint density at radius 1 is 1.24 bits per heavy atom. The number of allylic oxidation sites excluding steroid dienone is 4. The molecule has 1 aliphatic carbocycles. The maximum atomic E-state index is 13.7. The molecule has 5 N–H and O–H groups in total. The van der Waals surface area contributed by atoms with E-state index in [1.54, 1.807) is 12.1 Å². The number of aryl methyl sites for hydroxylation is 1. The molecule has 2 aliphatic heterocycles. The summed E-state index contributed by atoms with van der Waals surface area (Å²) in [7, 11) is -5.16. The van der Waals surface area contributed by atoms with E-state index in [4.69, 9.17) is 15.3 Å². The number of amides is 1. The third-order valence-corrected chi connectivity index (χ3v) is 10.0. The number of hydrogen-bond acceptors (Lipinski definition) is 11. The number of carboxylic acid groups (broad SMARTS) is 1. The van der Waals surface area contributed by atoms with Crippen molar-refractivity contribution in [3.8, 4) is 11.5 Å². The first-order valence-corrected chi connectivity index (χ1v) is 18.0. The predicted molar refractivity (Wildman–Crippen MR) is 186 cm³/mol. The number of aromatic hydroxyl groups is 1. The molecule has 2 heterocycles. The molecule has 0 saturated carbocycles. The Bertz CT molecular complexity index is 1790. The number of phenols is 1. The smallest absolute Gasteiger partial charge is 0.365 e. The van der Waals surface area contributed by atoms with Crippen LogP contribution in [0.3, 0.4) is 0 Å². The van der Waals surface area contributed by atoms with E-state index in [2.05, 4.69) is 23.7 Å². The van der Waals surface area contributed by atoms with Crippen molar-refractivity contribution in [2.75, 3.05) is 0 Å². The second-order valence-electron chi connectivity index (χ2n) is 13.6. The summed E-state index contributed by atoms with van der Waals surface area (Å²) in [4.78, 5) is 47.9. The predicted octanol–water partition coefficient (Wildman–Crippen LogP) is 4.95. The molecule has 4 rings (SSSR count). The van der Waals surface area contributed by atoms with Crippen LogP contribution in [0.5, 0.6) is 11.5 Å². The monoisotopic (exact) mass is 714 g/mol. The zero-order chi connectivity index (χ0) is 37.1. The summed E-state index contributed by atoms with van der Waals surface area (Å²) in [6, 6.07) is 3.35. The summed E-state index contributed by atoms with van der Waals surface area (Å²) < 4.78 is 41.5. The van der Waals surface area contributed by atoms with Crippen LogP contribution in [-0.4, -0.2) is 68.5 Å². The van der Waals surface area contributed by atoms with Gasteiger partial charge in [0, 0.05) is 24.3 Å². The fourth-order valence-corrected chi connectivity index (χ4v) is 7.06. The molecule has 0 bridgehead atoms. The second kappa shape index (κ2) is 15.2. The van der Waals surface area contributed by atoms with E-state index in [0.29, 0.717) is 17.5 Å². The number of nitrogens with two attached hydrogens (primary N) is 1. The number of phenolic OH excluding ortho intramolecular Hbond substituents is 1. The number of aliphatic carboxylic acids is 1. The molecule has 4 atom stereocenters. The van der Waals surface area contributed by atoms with E-state index in [1.165, 1.54) is 19.9 Å². The number of oxime groups is 1.